The third-order valence-electron chi connectivity index (χ3n) is 2.36. The number of nitrogens with zero attached hydrogens (tertiary/aromatic N) is 1. The number of carbonyl (C=O) groups excluding carboxylic acids is 1. The molecule has 5 nitrogen and oxygen atoms in total. The van der Waals surface area contributed by atoms with E-state index in [1.165, 1.54) is 17.0 Å². The summed E-state index contributed by atoms with van der Waals surface area (Å²) in [6.45, 7) is 3.82. The summed E-state index contributed by atoms with van der Waals surface area (Å²) in [4.78, 5) is 13.9. The predicted molar refractivity (Wildman–Crippen MR) is 72.7 cm³/mol. The second kappa shape index (κ2) is 5.68. The van der Waals surface area contributed by atoms with Gasteiger partial charge < -0.3 is 20.8 Å². The fourth-order valence-electron chi connectivity index (χ4n) is 1.54. The molecule has 0 bridgehead atoms. The first-order valence-corrected chi connectivity index (χ1v) is 5.84. The molecule has 4 N–H and O–H groups in total. The van der Waals surface area contributed by atoms with E-state index in [1.54, 1.807) is 0 Å². The molecule has 0 spiro atoms. The van der Waals surface area contributed by atoms with Crippen LogP contribution in [0.25, 0.3) is 0 Å². The van der Waals surface area contributed by atoms with Crippen LogP contribution in [0.15, 0.2) is 18.2 Å². The average molecular weight is 268 g/mol. The number of benzene rings is 1. The predicted octanol–water partition coefficient (Wildman–Crippen LogP) is 1.23. The molecule has 18 heavy (non-hydrogen) atoms. The van der Waals surface area contributed by atoms with Crippen LogP contribution in [-0.2, 0) is 0 Å². The molecule has 0 aliphatic heterocycles. The van der Waals surface area contributed by atoms with Gasteiger partial charge >= 0.3 is 0 Å². The zero-order valence-electron chi connectivity index (χ0n) is 10.3. The highest BCUT2D eigenvalue weighted by Crippen LogP contribution is 2.22. The van der Waals surface area contributed by atoms with E-state index in [4.69, 9.17) is 18.0 Å². The lowest BCUT2D eigenvalue weighted by molar-refractivity contribution is 0.0735. The summed E-state index contributed by atoms with van der Waals surface area (Å²) < 4.78 is 0. The van der Waals surface area contributed by atoms with E-state index in [2.05, 4.69) is 0 Å². The number of aromatic hydroxyl groups is 2. The topological polar surface area (TPSA) is 86.8 Å². The summed E-state index contributed by atoms with van der Waals surface area (Å²) in [6.07, 6.45) is 0. The molecule has 0 atom stereocenters. The van der Waals surface area contributed by atoms with Crippen LogP contribution in [-0.4, -0.2) is 38.6 Å². The fourth-order valence-corrected chi connectivity index (χ4v) is 1.68. The van der Waals surface area contributed by atoms with Crippen LogP contribution in [0.3, 0.4) is 0 Å². The van der Waals surface area contributed by atoms with Crippen LogP contribution >= 0.6 is 12.2 Å². The van der Waals surface area contributed by atoms with Gasteiger partial charge in [-0.15, -0.1) is 0 Å². The van der Waals surface area contributed by atoms with Gasteiger partial charge in [-0.1, -0.05) is 12.2 Å². The van der Waals surface area contributed by atoms with Gasteiger partial charge in [0.15, 0.2) is 0 Å². The van der Waals surface area contributed by atoms with Crippen molar-refractivity contribution in [2.75, 3.05) is 6.54 Å². The Balaban J connectivity index is 3.05. The quantitative estimate of drug-likeness (QED) is 0.715. The van der Waals surface area contributed by atoms with Gasteiger partial charge in [0.05, 0.1) is 11.5 Å². The third kappa shape index (κ3) is 3.59. The molecule has 1 aromatic carbocycles. The van der Waals surface area contributed by atoms with Crippen molar-refractivity contribution in [2.24, 2.45) is 5.73 Å². The Hall–Kier alpha value is -1.82. The third-order valence-corrected chi connectivity index (χ3v) is 2.49. The zero-order chi connectivity index (χ0) is 13.9. The van der Waals surface area contributed by atoms with Crippen molar-refractivity contribution in [3.05, 3.63) is 23.8 Å². The van der Waals surface area contributed by atoms with Gasteiger partial charge in [-0.25, -0.2) is 0 Å². The van der Waals surface area contributed by atoms with Crippen molar-refractivity contribution < 1.29 is 15.0 Å². The van der Waals surface area contributed by atoms with E-state index >= 15 is 0 Å². The van der Waals surface area contributed by atoms with E-state index in [0.717, 1.165) is 6.07 Å². The molecule has 0 aliphatic rings. The minimum atomic E-state index is -0.344. The van der Waals surface area contributed by atoms with Gasteiger partial charge in [0, 0.05) is 17.7 Å². The standard InChI is InChI=1S/C12H16N2O3S/c1-7(2)14(6-11(13)18)12(17)8-3-9(15)5-10(16)4-8/h3-5,7,15-16H,6H2,1-2H3,(H2,13,18). The monoisotopic (exact) mass is 268 g/mol. The van der Waals surface area contributed by atoms with E-state index in [1.807, 2.05) is 13.8 Å². The Morgan fingerprint density at radius 1 is 1.33 bits per heavy atom. The second-order valence-corrected chi connectivity index (χ2v) is 4.76. The summed E-state index contributed by atoms with van der Waals surface area (Å²) in [5, 5.41) is 18.7. The minimum absolute atomic E-state index is 0.0940. The van der Waals surface area contributed by atoms with Gasteiger partial charge in [0.25, 0.3) is 5.91 Å². The smallest absolute Gasteiger partial charge is 0.254 e. The largest absolute Gasteiger partial charge is 0.508 e. The molecule has 1 rings (SSSR count). The molecular formula is C12H16N2O3S. The second-order valence-electron chi connectivity index (χ2n) is 4.23. The Kier molecular flexibility index (Phi) is 4.49. The summed E-state index contributed by atoms with van der Waals surface area (Å²) >= 11 is 4.80. The number of phenolic OH excluding ortho intramolecular Hbond substituents is 2. The van der Waals surface area contributed by atoms with E-state index in [9.17, 15) is 15.0 Å². The molecule has 0 fully saturated rings. The number of carbonyl (C=O) groups is 1. The lowest BCUT2D eigenvalue weighted by atomic mass is 10.1. The van der Waals surface area contributed by atoms with Crippen molar-refractivity contribution in [3.8, 4) is 11.5 Å². The van der Waals surface area contributed by atoms with Gasteiger partial charge in [-0.3, -0.25) is 4.79 Å². The molecule has 0 heterocycles. The summed E-state index contributed by atoms with van der Waals surface area (Å²) in [7, 11) is 0. The number of rotatable bonds is 4. The Morgan fingerprint density at radius 2 is 1.83 bits per heavy atom. The summed E-state index contributed by atoms with van der Waals surface area (Å²) in [5.41, 5.74) is 5.64. The normalized spacial score (nSPS) is 10.4. The van der Waals surface area contributed by atoms with Crippen LogP contribution in [0, 0.1) is 0 Å². The first-order chi connectivity index (χ1) is 8.31. The number of hydrogen-bond donors (Lipinski definition) is 3. The maximum absolute atomic E-state index is 12.2. The van der Waals surface area contributed by atoms with Crippen LogP contribution in [0.5, 0.6) is 11.5 Å². The van der Waals surface area contributed by atoms with Crippen molar-refractivity contribution >= 4 is 23.1 Å². The van der Waals surface area contributed by atoms with Crippen LogP contribution in [0.2, 0.25) is 0 Å². The van der Waals surface area contributed by atoms with E-state index in [0.29, 0.717) is 0 Å². The van der Waals surface area contributed by atoms with Gasteiger partial charge in [0.1, 0.15) is 11.5 Å². The average Bonchev–Trinajstić information content (AvgIpc) is 2.23. The summed E-state index contributed by atoms with van der Waals surface area (Å²) in [6, 6.07) is 3.64. The molecule has 0 radical (unpaired) electrons. The molecule has 0 unspecified atom stereocenters. The number of phenols is 2. The number of thiocarbonyl (C=S) groups is 1. The SMILES string of the molecule is CC(C)N(CC(N)=S)C(=O)c1cc(O)cc(O)c1. The summed E-state index contributed by atoms with van der Waals surface area (Å²) in [5.74, 6) is -0.682. The molecule has 98 valence electrons. The Bertz CT molecular complexity index is 454. The highest BCUT2D eigenvalue weighted by molar-refractivity contribution is 7.80. The van der Waals surface area contributed by atoms with Gasteiger partial charge in [-0.2, -0.15) is 0 Å². The molecule has 1 aromatic rings. The van der Waals surface area contributed by atoms with Crippen molar-refractivity contribution in [1.29, 1.82) is 0 Å². The molecule has 1 amide bonds. The van der Waals surface area contributed by atoms with Crippen LogP contribution < -0.4 is 5.73 Å². The highest BCUT2D eigenvalue weighted by Gasteiger charge is 2.20. The molecular weight excluding hydrogens is 252 g/mol. The first-order valence-electron chi connectivity index (χ1n) is 5.43. The first kappa shape index (κ1) is 14.2. The number of nitrogens with two attached hydrogens (primary N) is 1. The van der Waals surface area contributed by atoms with Crippen molar-refractivity contribution in [2.45, 2.75) is 19.9 Å². The molecule has 0 saturated carbocycles. The van der Waals surface area contributed by atoms with Crippen molar-refractivity contribution in [1.82, 2.24) is 4.90 Å². The molecule has 0 saturated heterocycles. The number of hydrogen-bond acceptors (Lipinski definition) is 4. The fraction of sp³-hybridized carbons (Fsp3) is 0.333. The number of amides is 1. The Morgan fingerprint density at radius 3 is 2.22 bits per heavy atom. The molecule has 0 aliphatic carbocycles. The van der Waals surface area contributed by atoms with E-state index in [-0.39, 0.29) is 40.5 Å². The van der Waals surface area contributed by atoms with Gasteiger partial charge in [-0.05, 0) is 26.0 Å². The zero-order valence-corrected chi connectivity index (χ0v) is 11.1. The molecule has 0 aromatic heterocycles. The highest BCUT2D eigenvalue weighted by atomic mass is 32.1. The Labute approximate surface area is 111 Å². The van der Waals surface area contributed by atoms with Crippen LogP contribution in [0.1, 0.15) is 24.2 Å². The lowest BCUT2D eigenvalue weighted by Gasteiger charge is -2.26. The van der Waals surface area contributed by atoms with Gasteiger partial charge in [0.2, 0.25) is 0 Å². The lowest BCUT2D eigenvalue weighted by Crippen LogP contribution is -2.42. The maximum Gasteiger partial charge on any atom is 0.254 e. The van der Waals surface area contributed by atoms with E-state index < -0.39 is 0 Å². The molecule has 6 heteroatoms. The van der Waals surface area contributed by atoms with Crippen molar-refractivity contribution in [3.63, 3.8) is 0 Å². The minimum Gasteiger partial charge on any atom is -0.508 e. The van der Waals surface area contributed by atoms with Crippen LogP contribution in [0.4, 0.5) is 0 Å². The maximum atomic E-state index is 12.2.